The molecule has 0 saturated heterocycles. The predicted molar refractivity (Wildman–Crippen MR) is 32.4 cm³/mol. The summed E-state index contributed by atoms with van der Waals surface area (Å²) in [7, 11) is 0. The second-order valence-corrected chi connectivity index (χ2v) is 1.98. The molecule has 0 spiro atoms. The van der Waals surface area contributed by atoms with Crippen molar-refractivity contribution in [3.63, 3.8) is 0 Å². The average Bonchev–Trinajstić information content (AvgIpc) is 2.13. The van der Waals surface area contributed by atoms with Crippen molar-refractivity contribution in [3.05, 3.63) is 18.2 Å². The lowest BCUT2D eigenvalue weighted by atomic mass is 10.6. The zero-order valence-electron chi connectivity index (χ0n) is 5.53. The summed E-state index contributed by atoms with van der Waals surface area (Å²) in [6.07, 6.45) is 2.60. The van der Waals surface area contributed by atoms with Gasteiger partial charge in [0.1, 0.15) is 5.82 Å². The van der Waals surface area contributed by atoms with Gasteiger partial charge in [-0.2, -0.15) is 0 Å². The van der Waals surface area contributed by atoms with Crippen LogP contribution < -0.4 is 0 Å². The van der Waals surface area contributed by atoms with Crippen LogP contribution in [0.25, 0.3) is 0 Å². The van der Waals surface area contributed by atoms with Crippen LogP contribution in [-0.2, 0) is 5.11 Å². The van der Waals surface area contributed by atoms with E-state index in [1.54, 1.807) is 23.9 Å². The van der Waals surface area contributed by atoms with Crippen LogP contribution in [0.5, 0.6) is 0 Å². The van der Waals surface area contributed by atoms with Gasteiger partial charge in [-0.1, -0.05) is 0 Å². The summed E-state index contributed by atoms with van der Waals surface area (Å²) < 4.78 is 1.58. The van der Waals surface area contributed by atoms with E-state index in [-0.39, 0.29) is 0 Å². The van der Waals surface area contributed by atoms with Crippen molar-refractivity contribution in [2.24, 2.45) is 0 Å². The lowest BCUT2D eigenvalue weighted by molar-refractivity contribution is 0.0423. The second kappa shape index (κ2) is 2.19. The SMILES string of the molecule is Cc1nccn1C(C)[O]. The maximum atomic E-state index is 10.7. The molecule has 3 heteroatoms. The largest absolute Gasteiger partial charge is 0.306 e. The lowest BCUT2D eigenvalue weighted by Gasteiger charge is -2.03. The van der Waals surface area contributed by atoms with Gasteiger partial charge in [0.05, 0.1) is 0 Å². The first-order valence-corrected chi connectivity index (χ1v) is 2.87. The van der Waals surface area contributed by atoms with Crippen molar-refractivity contribution in [1.29, 1.82) is 0 Å². The summed E-state index contributed by atoms with van der Waals surface area (Å²) in [5, 5.41) is 10.7. The first-order chi connectivity index (χ1) is 4.22. The third-order valence-corrected chi connectivity index (χ3v) is 1.25. The van der Waals surface area contributed by atoms with E-state index in [1.165, 1.54) is 0 Å². The van der Waals surface area contributed by atoms with E-state index in [9.17, 15) is 5.11 Å². The van der Waals surface area contributed by atoms with E-state index < -0.39 is 6.23 Å². The molecule has 0 amide bonds. The van der Waals surface area contributed by atoms with Crippen LogP contribution in [-0.4, -0.2) is 9.55 Å². The van der Waals surface area contributed by atoms with Gasteiger partial charge in [-0.25, -0.2) is 10.1 Å². The van der Waals surface area contributed by atoms with Crippen molar-refractivity contribution in [2.45, 2.75) is 20.1 Å². The van der Waals surface area contributed by atoms with Gasteiger partial charge in [-0.15, -0.1) is 0 Å². The molecular formula is C6H9N2O. The number of rotatable bonds is 1. The van der Waals surface area contributed by atoms with Crippen LogP contribution >= 0.6 is 0 Å². The van der Waals surface area contributed by atoms with E-state index in [0.29, 0.717) is 0 Å². The number of nitrogens with zero attached hydrogens (tertiary/aromatic N) is 2. The molecule has 0 bridgehead atoms. The maximum Gasteiger partial charge on any atom is 0.166 e. The molecule has 1 rings (SSSR count). The van der Waals surface area contributed by atoms with Crippen LogP contribution in [0.4, 0.5) is 0 Å². The average molecular weight is 125 g/mol. The van der Waals surface area contributed by atoms with E-state index >= 15 is 0 Å². The number of aromatic nitrogens is 2. The Labute approximate surface area is 54.0 Å². The van der Waals surface area contributed by atoms with Crippen molar-refractivity contribution >= 4 is 0 Å². The minimum absolute atomic E-state index is 0.715. The van der Waals surface area contributed by atoms with E-state index in [0.717, 1.165) is 5.82 Å². The monoisotopic (exact) mass is 125 g/mol. The van der Waals surface area contributed by atoms with Crippen LogP contribution in [0.1, 0.15) is 19.0 Å². The lowest BCUT2D eigenvalue weighted by Crippen LogP contribution is -2.02. The molecular weight excluding hydrogens is 116 g/mol. The van der Waals surface area contributed by atoms with Gasteiger partial charge in [0, 0.05) is 12.4 Å². The Kier molecular flexibility index (Phi) is 1.53. The van der Waals surface area contributed by atoms with Gasteiger partial charge >= 0.3 is 0 Å². The highest BCUT2D eigenvalue weighted by Crippen LogP contribution is 2.03. The Hall–Kier alpha value is -0.830. The molecule has 0 aromatic carbocycles. The predicted octanol–water partition coefficient (Wildman–Crippen LogP) is 1.14. The molecule has 9 heavy (non-hydrogen) atoms. The molecule has 0 N–H and O–H groups in total. The Balaban J connectivity index is 2.94. The molecule has 0 aliphatic carbocycles. The molecule has 0 saturated carbocycles. The topological polar surface area (TPSA) is 37.7 Å². The first-order valence-electron chi connectivity index (χ1n) is 2.87. The Morgan fingerprint density at radius 2 is 2.44 bits per heavy atom. The van der Waals surface area contributed by atoms with Gasteiger partial charge in [0.15, 0.2) is 6.23 Å². The fourth-order valence-electron chi connectivity index (χ4n) is 0.772. The van der Waals surface area contributed by atoms with Gasteiger partial charge in [0.25, 0.3) is 0 Å². The summed E-state index contributed by atoms with van der Waals surface area (Å²) in [6.45, 7) is 3.41. The highest BCUT2D eigenvalue weighted by Gasteiger charge is 2.01. The number of hydrogen-bond acceptors (Lipinski definition) is 1. The summed E-state index contributed by atoms with van der Waals surface area (Å²) in [5.41, 5.74) is 0. The molecule has 1 aromatic rings. The van der Waals surface area contributed by atoms with Crippen molar-refractivity contribution in [1.82, 2.24) is 9.55 Å². The summed E-state index contributed by atoms with van der Waals surface area (Å²) >= 11 is 0. The van der Waals surface area contributed by atoms with E-state index in [1.807, 2.05) is 6.92 Å². The van der Waals surface area contributed by atoms with Crippen LogP contribution in [0.3, 0.4) is 0 Å². The Morgan fingerprint density at radius 1 is 1.78 bits per heavy atom. The van der Waals surface area contributed by atoms with Gasteiger partial charge in [0.2, 0.25) is 0 Å². The molecule has 1 atom stereocenters. The number of imidazole rings is 1. The minimum Gasteiger partial charge on any atom is -0.306 e. The van der Waals surface area contributed by atoms with Crippen molar-refractivity contribution in [3.8, 4) is 0 Å². The molecule has 3 nitrogen and oxygen atoms in total. The smallest absolute Gasteiger partial charge is 0.166 e. The van der Waals surface area contributed by atoms with Crippen molar-refractivity contribution in [2.75, 3.05) is 0 Å². The Bertz CT molecular complexity index is 193. The number of aryl methyl sites for hydroxylation is 1. The number of hydrogen-bond donors (Lipinski definition) is 0. The molecule has 0 aliphatic heterocycles. The van der Waals surface area contributed by atoms with Crippen LogP contribution in [0.15, 0.2) is 12.4 Å². The second-order valence-electron chi connectivity index (χ2n) is 1.98. The van der Waals surface area contributed by atoms with E-state index in [2.05, 4.69) is 4.98 Å². The van der Waals surface area contributed by atoms with Gasteiger partial charge in [-0.05, 0) is 13.8 Å². The quantitative estimate of drug-likeness (QED) is 0.554. The third-order valence-electron chi connectivity index (χ3n) is 1.25. The molecule has 49 valence electrons. The first kappa shape index (κ1) is 6.29. The van der Waals surface area contributed by atoms with Gasteiger partial charge < -0.3 is 4.57 Å². The fraction of sp³-hybridized carbons (Fsp3) is 0.500. The van der Waals surface area contributed by atoms with E-state index in [4.69, 9.17) is 0 Å². The summed E-state index contributed by atoms with van der Waals surface area (Å²) in [4.78, 5) is 3.90. The molecule has 0 aliphatic rings. The zero-order valence-corrected chi connectivity index (χ0v) is 5.53. The molecule has 1 aromatic heterocycles. The molecule has 1 heterocycles. The molecule has 0 fully saturated rings. The minimum atomic E-state index is -0.715. The Morgan fingerprint density at radius 3 is 2.67 bits per heavy atom. The summed E-state index contributed by atoms with van der Waals surface area (Å²) in [6, 6.07) is 0. The van der Waals surface area contributed by atoms with Crippen LogP contribution in [0.2, 0.25) is 0 Å². The molecule has 1 radical (unpaired) electrons. The summed E-state index contributed by atoms with van der Waals surface area (Å²) in [5.74, 6) is 0.775. The van der Waals surface area contributed by atoms with Gasteiger partial charge in [-0.3, -0.25) is 0 Å². The normalized spacial score (nSPS) is 13.7. The zero-order chi connectivity index (χ0) is 6.85. The third kappa shape index (κ3) is 1.10. The fourth-order valence-corrected chi connectivity index (χ4v) is 0.772. The molecule has 1 unspecified atom stereocenters. The highest BCUT2D eigenvalue weighted by molar-refractivity contribution is 4.88. The standard InChI is InChI=1S/C6H9N2O/c1-5-7-3-4-8(5)6(2)9/h3-4,6H,1-2H3. The van der Waals surface area contributed by atoms with Crippen LogP contribution in [0, 0.1) is 6.92 Å². The van der Waals surface area contributed by atoms with Crippen molar-refractivity contribution < 1.29 is 5.11 Å². The highest BCUT2D eigenvalue weighted by atomic mass is 16.3. The maximum absolute atomic E-state index is 10.7.